The second kappa shape index (κ2) is 7.78. The Labute approximate surface area is 116 Å². The fraction of sp³-hybridized carbons (Fsp3) is 0.533. The van der Waals surface area contributed by atoms with Crippen molar-refractivity contribution >= 4 is 0 Å². The summed E-state index contributed by atoms with van der Waals surface area (Å²) >= 11 is 0. The van der Waals surface area contributed by atoms with Gasteiger partial charge in [0, 0.05) is 12.6 Å². The first-order valence-corrected chi connectivity index (χ1v) is 6.51. The normalized spacial score (nSPS) is 13.9. The molecule has 0 heterocycles. The molecule has 1 aromatic rings. The van der Waals surface area contributed by atoms with Gasteiger partial charge >= 0.3 is 0 Å². The molecule has 0 aliphatic carbocycles. The van der Waals surface area contributed by atoms with Crippen LogP contribution in [0.5, 0.6) is 5.75 Å². The number of nitrogens with one attached hydrogen (secondary N) is 1. The Morgan fingerprint density at radius 3 is 2.68 bits per heavy atom. The molecule has 0 aromatic heterocycles. The lowest BCUT2D eigenvalue weighted by Gasteiger charge is -2.27. The molecule has 0 saturated carbocycles. The van der Waals surface area contributed by atoms with Crippen molar-refractivity contribution in [2.45, 2.75) is 25.4 Å². The molecule has 0 spiro atoms. The van der Waals surface area contributed by atoms with E-state index in [0.717, 1.165) is 12.2 Å². The van der Waals surface area contributed by atoms with Gasteiger partial charge in [-0.25, -0.2) is 0 Å². The number of rotatable bonds is 7. The molecule has 0 fully saturated rings. The quantitative estimate of drug-likeness (QED) is 0.811. The SMILES string of the molecule is CNC(C#N)CN(C)C(C)Cc1ccccc1OC. The van der Waals surface area contributed by atoms with Crippen LogP contribution in [0.3, 0.4) is 0 Å². The molecule has 0 aliphatic heterocycles. The summed E-state index contributed by atoms with van der Waals surface area (Å²) in [6.07, 6.45) is 0.905. The third-order valence-electron chi connectivity index (χ3n) is 3.44. The van der Waals surface area contributed by atoms with Crippen molar-refractivity contribution < 1.29 is 4.74 Å². The predicted octanol–water partition coefficient (Wildman–Crippen LogP) is 1.67. The number of nitriles is 1. The number of nitrogens with zero attached hydrogens (tertiary/aromatic N) is 2. The molecular weight excluding hydrogens is 238 g/mol. The first-order chi connectivity index (χ1) is 9.12. The van der Waals surface area contributed by atoms with Gasteiger partial charge in [0.2, 0.25) is 0 Å². The van der Waals surface area contributed by atoms with Gasteiger partial charge < -0.3 is 15.0 Å². The molecule has 2 unspecified atom stereocenters. The largest absolute Gasteiger partial charge is 0.496 e. The van der Waals surface area contributed by atoms with Gasteiger partial charge in [0.25, 0.3) is 0 Å². The first-order valence-electron chi connectivity index (χ1n) is 6.51. The van der Waals surface area contributed by atoms with Gasteiger partial charge in [-0.05, 0) is 39.1 Å². The van der Waals surface area contributed by atoms with Crippen molar-refractivity contribution in [3.8, 4) is 11.8 Å². The van der Waals surface area contributed by atoms with E-state index < -0.39 is 0 Å². The molecule has 1 aromatic carbocycles. The highest BCUT2D eigenvalue weighted by Gasteiger charge is 2.15. The standard InChI is InChI=1S/C15H23N3O/c1-12(18(3)11-14(10-16)17-2)9-13-7-5-6-8-15(13)19-4/h5-8,12,14,17H,9,11H2,1-4H3. The van der Waals surface area contributed by atoms with Crippen molar-refractivity contribution in [2.75, 3.05) is 27.7 Å². The minimum Gasteiger partial charge on any atom is -0.496 e. The summed E-state index contributed by atoms with van der Waals surface area (Å²) < 4.78 is 5.37. The molecule has 0 bridgehead atoms. The number of methoxy groups -OCH3 is 1. The Kier molecular flexibility index (Phi) is 6.34. The average molecular weight is 261 g/mol. The lowest BCUT2D eigenvalue weighted by Crippen LogP contribution is -2.41. The minimum absolute atomic E-state index is 0.134. The van der Waals surface area contributed by atoms with E-state index in [2.05, 4.69) is 29.3 Å². The van der Waals surface area contributed by atoms with Gasteiger partial charge in [0.1, 0.15) is 11.8 Å². The van der Waals surface area contributed by atoms with Gasteiger partial charge in [-0.1, -0.05) is 18.2 Å². The Morgan fingerprint density at radius 2 is 2.11 bits per heavy atom. The third kappa shape index (κ3) is 4.55. The number of para-hydroxylation sites is 1. The molecule has 1 N–H and O–H groups in total. The van der Waals surface area contributed by atoms with E-state index in [4.69, 9.17) is 10.00 Å². The molecule has 0 radical (unpaired) electrons. The maximum absolute atomic E-state index is 8.97. The summed E-state index contributed by atoms with van der Waals surface area (Å²) in [6.45, 7) is 2.87. The van der Waals surface area contributed by atoms with Crippen LogP contribution in [0, 0.1) is 11.3 Å². The van der Waals surface area contributed by atoms with Crippen molar-refractivity contribution in [3.05, 3.63) is 29.8 Å². The van der Waals surface area contributed by atoms with E-state index in [9.17, 15) is 0 Å². The van der Waals surface area contributed by atoms with E-state index in [-0.39, 0.29) is 6.04 Å². The van der Waals surface area contributed by atoms with E-state index in [0.29, 0.717) is 12.6 Å². The second-order valence-electron chi connectivity index (χ2n) is 4.77. The fourth-order valence-electron chi connectivity index (χ4n) is 2.01. The molecular formula is C15H23N3O. The van der Waals surface area contributed by atoms with Crippen LogP contribution in [0.15, 0.2) is 24.3 Å². The topological polar surface area (TPSA) is 48.3 Å². The van der Waals surface area contributed by atoms with Crippen molar-refractivity contribution in [1.82, 2.24) is 10.2 Å². The molecule has 1 rings (SSSR count). The molecule has 104 valence electrons. The van der Waals surface area contributed by atoms with Crippen LogP contribution in [-0.4, -0.2) is 44.7 Å². The second-order valence-corrected chi connectivity index (χ2v) is 4.77. The summed E-state index contributed by atoms with van der Waals surface area (Å²) in [6, 6.07) is 10.5. The number of likely N-dealkylation sites (N-methyl/N-ethyl adjacent to an activating group) is 2. The highest BCUT2D eigenvalue weighted by Crippen LogP contribution is 2.20. The Morgan fingerprint density at radius 1 is 1.42 bits per heavy atom. The van der Waals surface area contributed by atoms with E-state index in [1.54, 1.807) is 7.11 Å². The van der Waals surface area contributed by atoms with Crippen LogP contribution in [0.4, 0.5) is 0 Å². The highest BCUT2D eigenvalue weighted by molar-refractivity contribution is 5.33. The van der Waals surface area contributed by atoms with Crippen LogP contribution in [-0.2, 0) is 6.42 Å². The van der Waals surface area contributed by atoms with Crippen LogP contribution in [0.25, 0.3) is 0 Å². The zero-order chi connectivity index (χ0) is 14.3. The number of benzene rings is 1. The molecule has 4 heteroatoms. The minimum atomic E-state index is -0.134. The van der Waals surface area contributed by atoms with E-state index in [1.165, 1.54) is 5.56 Å². The van der Waals surface area contributed by atoms with Crippen molar-refractivity contribution in [3.63, 3.8) is 0 Å². The number of ether oxygens (including phenoxy) is 1. The zero-order valence-electron chi connectivity index (χ0n) is 12.2. The summed E-state index contributed by atoms with van der Waals surface area (Å²) in [7, 11) is 5.55. The maximum atomic E-state index is 8.97. The average Bonchev–Trinajstić information content (AvgIpc) is 2.44. The Bertz CT molecular complexity index is 428. The Balaban J connectivity index is 2.63. The van der Waals surface area contributed by atoms with E-state index in [1.807, 2.05) is 32.3 Å². The lowest BCUT2D eigenvalue weighted by atomic mass is 10.0. The van der Waals surface area contributed by atoms with Gasteiger partial charge in [-0.3, -0.25) is 0 Å². The lowest BCUT2D eigenvalue weighted by molar-refractivity contribution is 0.243. The first kappa shape index (κ1) is 15.5. The summed E-state index contributed by atoms with van der Waals surface area (Å²) in [5, 5.41) is 12.0. The van der Waals surface area contributed by atoms with Crippen molar-refractivity contribution in [1.29, 1.82) is 5.26 Å². The monoisotopic (exact) mass is 261 g/mol. The summed E-state index contributed by atoms with van der Waals surface area (Å²) in [5.41, 5.74) is 1.20. The number of hydrogen-bond acceptors (Lipinski definition) is 4. The summed E-state index contributed by atoms with van der Waals surface area (Å²) in [5.74, 6) is 0.924. The van der Waals surface area contributed by atoms with E-state index >= 15 is 0 Å². The molecule has 0 saturated heterocycles. The maximum Gasteiger partial charge on any atom is 0.122 e. The van der Waals surface area contributed by atoms with Gasteiger partial charge in [0.05, 0.1) is 13.2 Å². The Hall–Kier alpha value is -1.57. The smallest absolute Gasteiger partial charge is 0.122 e. The molecule has 19 heavy (non-hydrogen) atoms. The third-order valence-corrected chi connectivity index (χ3v) is 3.44. The molecule has 0 amide bonds. The highest BCUT2D eigenvalue weighted by atomic mass is 16.5. The molecule has 2 atom stereocenters. The van der Waals surface area contributed by atoms with Crippen LogP contribution in [0.1, 0.15) is 12.5 Å². The summed E-state index contributed by atoms with van der Waals surface area (Å²) in [4.78, 5) is 2.19. The van der Waals surface area contributed by atoms with Gasteiger partial charge in [-0.2, -0.15) is 5.26 Å². The van der Waals surface area contributed by atoms with Gasteiger partial charge in [-0.15, -0.1) is 0 Å². The predicted molar refractivity (Wildman–Crippen MR) is 77.3 cm³/mol. The van der Waals surface area contributed by atoms with Crippen molar-refractivity contribution in [2.24, 2.45) is 0 Å². The van der Waals surface area contributed by atoms with Crippen LogP contribution < -0.4 is 10.1 Å². The van der Waals surface area contributed by atoms with Crippen LogP contribution >= 0.6 is 0 Å². The fourth-order valence-corrected chi connectivity index (χ4v) is 2.01. The number of hydrogen-bond donors (Lipinski definition) is 1. The zero-order valence-corrected chi connectivity index (χ0v) is 12.2. The van der Waals surface area contributed by atoms with Gasteiger partial charge in [0.15, 0.2) is 0 Å². The molecule has 4 nitrogen and oxygen atoms in total. The van der Waals surface area contributed by atoms with Crippen LogP contribution in [0.2, 0.25) is 0 Å². The molecule has 0 aliphatic rings.